The fraction of sp³-hybridized carbons (Fsp3) is 0.385. The van der Waals surface area contributed by atoms with Gasteiger partial charge in [-0.05, 0) is 47.7 Å². The van der Waals surface area contributed by atoms with Crippen LogP contribution in [-0.4, -0.2) is 38.1 Å². The van der Waals surface area contributed by atoms with E-state index in [1.807, 2.05) is 22.6 Å². The predicted molar refractivity (Wildman–Crippen MR) is 86.0 cm³/mol. The zero-order valence-electron chi connectivity index (χ0n) is 11.2. The third-order valence-electron chi connectivity index (χ3n) is 2.52. The van der Waals surface area contributed by atoms with Gasteiger partial charge in [0.1, 0.15) is 6.04 Å². The Bertz CT molecular complexity index is 497. The van der Waals surface area contributed by atoms with E-state index < -0.39 is 6.04 Å². The van der Waals surface area contributed by atoms with Crippen LogP contribution in [0.2, 0.25) is 5.02 Å². The molecule has 0 saturated heterocycles. The lowest BCUT2D eigenvalue weighted by Gasteiger charge is -2.14. The van der Waals surface area contributed by atoms with E-state index in [9.17, 15) is 9.59 Å². The molecule has 1 unspecified atom stereocenters. The Morgan fingerprint density at radius 2 is 2.15 bits per heavy atom. The van der Waals surface area contributed by atoms with Gasteiger partial charge in [0.25, 0.3) is 5.91 Å². The van der Waals surface area contributed by atoms with Crippen LogP contribution in [0.1, 0.15) is 17.3 Å². The van der Waals surface area contributed by atoms with E-state index in [1.165, 1.54) is 0 Å². The van der Waals surface area contributed by atoms with Gasteiger partial charge >= 0.3 is 0 Å². The van der Waals surface area contributed by atoms with Gasteiger partial charge in [-0.3, -0.25) is 9.59 Å². The van der Waals surface area contributed by atoms with Crippen LogP contribution in [0.3, 0.4) is 0 Å². The zero-order chi connectivity index (χ0) is 15.1. The van der Waals surface area contributed by atoms with Crippen molar-refractivity contribution in [1.82, 2.24) is 10.6 Å². The molecule has 5 nitrogen and oxygen atoms in total. The largest absolute Gasteiger partial charge is 0.383 e. The number of carbonyl (C=O) groups is 2. The molecule has 110 valence electrons. The van der Waals surface area contributed by atoms with Crippen molar-refractivity contribution in [3.63, 3.8) is 0 Å². The molecule has 0 heterocycles. The Morgan fingerprint density at radius 3 is 2.80 bits per heavy atom. The zero-order valence-corrected chi connectivity index (χ0v) is 14.1. The summed E-state index contributed by atoms with van der Waals surface area (Å²) in [7, 11) is 1.55. The van der Waals surface area contributed by atoms with E-state index in [-0.39, 0.29) is 11.8 Å². The Balaban J connectivity index is 2.61. The lowest BCUT2D eigenvalue weighted by atomic mass is 10.2. The van der Waals surface area contributed by atoms with Crippen LogP contribution in [0.4, 0.5) is 0 Å². The molecule has 1 aromatic rings. The number of benzene rings is 1. The first-order valence-corrected chi connectivity index (χ1v) is 7.44. The molecule has 0 spiro atoms. The Hall–Kier alpha value is -0.860. The van der Waals surface area contributed by atoms with E-state index in [0.717, 1.165) is 3.57 Å². The van der Waals surface area contributed by atoms with Crippen molar-refractivity contribution in [1.29, 1.82) is 0 Å². The second-order valence-corrected chi connectivity index (χ2v) is 5.70. The number of hydrogen-bond acceptors (Lipinski definition) is 3. The Labute approximate surface area is 136 Å². The monoisotopic (exact) mass is 410 g/mol. The van der Waals surface area contributed by atoms with Gasteiger partial charge in [0.05, 0.1) is 12.2 Å². The highest BCUT2D eigenvalue weighted by Gasteiger charge is 2.18. The van der Waals surface area contributed by atoms with Crippen LogP contribution >= 0.6 is 34.2 Å². The number of hydrogen-bond donors (Lipinski definition) is 2. The molecule has 0 saturated carbocycles. The first kappa shape index (κ1) is 17.2. The fourth-order valence-electron chi connectivity index (χ4n) is 1.44. The van der Waals surface area contributed by atoms with Crippen molar-refractivity contribution in [3.8, 4) is 0 Å². The minimum atomic E-state index is -0.630. The van der Waals surface area contributed by atoms with E-state index in [0.29, 0.717) is 23.7 Å². The van der Waals surface area contributed by atoms with Crippen molar-refractivity contribution in [3.05, 3.63) is 32.4 Å². The Kier molecular flexibility index (Phi) is 7.25. The molecule has 0 aliphatic rings. The maximum absolute atomic E-state index is 12.1. The second-order valence-electron chi connectivity index (χ2n) is 4.10. The average molecular weight is 411 g/mol. The summed E-state index contributed by atoms with van der Waals surface area (Å²) in [6.07, 6.45) is 0. The van der Waals surface area contributed by atoms with Gasteiger partial charge < -0.3 is 15.4 Å². The van der Waals surface area contributed by atoms with Crippen molar-refractivity contribution in [2.45, 2.75) is 13.0 Å². The summed E-state index contributed by atoms with van der Waals surface area (Å²) in [5.41, 5.74) is 0.453. The molecule has 0 aliphatic carbocycles. The van der Waals surface area contributed by atoms with Gasteiger partial charge in [-0.15, -0.1) is 0 Å². The van der Waals surface area contributed by atoms with Gasteiger partial charge in [0, 0.05) is 22.2 Å². The van der Waals surface area contributed by atoms with Crippen LogP contribution in [0.5, 0.6) is 0 Å². The molecule has 1 atom stereocenters. The summed E-state index contributed by atoms with van der Waals surface area (Å²) in [4.78, 5) is 23.8. The van der Waals surface area contributed by atoms with Gasteiger partial charge in [0.2, 0.25) is 5.91 Å². The molecular weight excluding hydrogens is 395 g/mol. The summed E-state index contributed by atoms with van der Waals surface area (Å²) in [5.74, 6) is -0.585. The Morgan fingerprint density at radius 1 is 1.45 bits per heavy atom. The fourth-order valence-corrected chi connectivity index (χ4v) is 2.19. The quantitative estimate of drug-likeness (QED) is 0.555. The summed E-state index contributed by atoms with van der Waals surface area (Å²) in [6, 6.07) is 4.41. The van der Waals surface area contributed by atoms with Crippen LogP contribution in [0.15, 0.2) is 18.2 Å². The highest BCUT2D eigenvalue weighted by Crippen LogP contribution is 2.17. The lowest BCUT2D eigenvalue weighted by molar-refractivity contribution is -0.122. The standard InChI is InChI=1S/C13H16ClIN2O3/c1-8(12(18)16-5-6-20-2)17-13(19)10-7-9(14)3-4-11(10)15/h3-4,7-8H,5-6H2,1-2H3,(H,16,18)(H,17,19). The molecule has 2 N–H and O–H groups in total. The number of nitrogens with one attached hydrogen (secondary N) is 2. The molecule has 7 heteroatoms. The molecule has 0 radical (unpaired) electrons. The molecule has 0 aliphatic heterocycles. The third kappa shape index (κ3) is 5.26. The molecular formula is C13H16ClIN2O3. The summed E-state index contributed by atoms with van der Waals surface area (Å²) >= 11 is 7.92. The first-order valence-electron chi connectivity index (χ1n) is 5.98. The van der Waals surface area contributed by atoms with Gasteiger partial charge in [0.15, 0.2) is 0 Å². The van der Waals surface area contributed by atoms with E-state index in [2.05, 4.69) is 10.6 Å². The maximum Gasteiger partial charge on any atom is 0.253 e. The van der Waals surface area contributed by atoms with Crippen molar-refractivity contribution in [2.24, 2.45) is 0 Å². The molecule has 0 bridgehead atoms. The normalized spacial score (nSPS) is 11.8. The van der Waals surface area contributed by atoms with Gasteiger partial charge in [-0.1, -0.05) is 11.6 Å². The molecule has 2 amide bonds. The van der Waals surface area contributed by atoms with Crippen LogP contribution < -0.4 is 10.6 Å². The third-order valence-corrected chi connectivity index (χ3v) is 3.70. The van der Waals surface area contributed by atoms with Crippen molar-refractivity contribution >= 4 is 46.0 Å². The summed E-state index contributed by atoms with van der Waals surface area (Å²) in [5, 5.41) is 5.77. The number of amides is 2. The topological polar surface area (TPSA) is 67.4 Å². The minimum absolute atomic E-state index is 0.257. The van der Waals surface area contributed by atoms with Crippen molar-refractivity contribution in [2.75, 3.05) is 20.3 Å². The summed E-state index contributed by atoms with van der Waals surface area (Å²) in [6.45, 7) is 2.46. The van der Waals surface area contributed by atoms with Crippen LogP contribution in [-0.2, 0) is 9.53 Å². The van der Waals surface area contributed by atoms with Crippen LogP contribution in [0, 0.1) is 3.57 Å². The van der Waals surface area contributed by atoms with Crippen LogP contribution in [0.25, 0.3) is 0 Å². The van der Waals surface area contributed by atoms with E-state index >= 15 is 0 Å². The van der Waals surface area contributed by atoms with Gasteiger partial charge in [-0.2, -0.15) is 0 Å². The molecule has 20 heavy (non-hydrogen) atoms. The van der Waals surface area contributed by atoms with E-state index in [1.54, 1.807) is 32.2 Å². The smallest absolute Gasteiger partial charge is 0.253 e. The summed E-state index contributed by atoms with van der Waals surface area (Å²) < 4.78 is 5.61. The van der Waals surface area contributed by atoms with Gasteiger partial charge in [-0.25, -0.2) is 0 Å². The highest BCUT2D eigenvalue weighted by atomic mass is 127. The van der Waals surface area contributed by atoms with Crippen molar-refractivity contribution < 1.29 is 14.3 Å². The molecule has 0 fully saturated rings. The average Bonchev–Trinajstić information content (AvgIpc) is 2.41. The molecule has 1 aromatic carbocycles. The number of rotatable bonds is 6. The number of ether oxygens (including phenoxy) is 1. The number of carbonyl (C=O) groups excluding carboxylic acids is 2. The van der Waals surface area contributed by atoms with E-state index in [4.69, 9.17) is 16.3 Å². The maximum atomic E-state index is 12.1. The molecule has 0 aromatic heterocycles. The lowest BCUT2D eigenvalue weighted by Crippen LogP contribution is -2.45. The number of methoxy groups -OCH3 is 1. The predicted octanol–water partition coefficient (Wildman–Crippen LogP) is 1.83. The highest BCUT2D eigenvalue weighted by molar-refractivity contribution is 14.1. The minimum Gasteiger partial charge on any atom is -0.383 e. The SMILES string of the molecule is COCCNC(=O)C(C)NC(=O)c1cc(Cl)ccc1I. The second kappa shape index (κ2) is 8.43. The molecule has 1 rings (SSSR count). The number of halogens is 2. The first-order chi connectivity index (χ1) is 9.45.